The number of carbonyl (C=O) groups excluding carboxylic acids is 1. The van der Waals surface area contributed by atoms with E-state index in [0.29, 0.717) is 11.5 Å². The molecule has 9 heteroatoms. The Hall–Kier alpha value is -3.85. The predicted octanol–water partition coefficient (Wildman–Crippen LogP) is 3.46. The molecule has 0 bridgehead atoms. The fourth-order valence-electron chi connectivity index (χ4n) is 4.42. The van der Waals surface area contributed by atoms with E-state index in [9.17, 15) is 4.79 Å². The van der Waals surface area contributed by atoms with Crippen molar-refractivity contribution in [3.05, 3.63) is 60.7 Å². The highest BCUT2D eigenvalue weighted by Gasteiger charge is 2.19. The lowest BCUT2D eigenvalue weighted by Crippen LogP contribution is -2.47. The molecule has 180 valence electrons. The maximum Gasteiger partial charge on any atom is 0.258 e. The van der Waals surface area contributed by atoms with E-state index in [1.54, 1.807) is 23.1 Å². The Labute approximate surface area is 204 Å². The normalized spacial score (nSPS) is 14.6. The highest BCUT2D eigenvalue weighted by molar-refractivity contribution is 6.04. The van der Waals surface area contributed by atoms with Crippen LogP contribution in [0.1, 0.15) is 24.2 Å². The van der Waals surface area contributed by atoms with Crippen molar-refractivity contribution in [1.82, 2.24) is 29.6 Å². The third kappa shape index (κ3) is 5.30. The Morgan fingerprint density at radius 1 is 1.03 bits per heavy atom. The zero-order valence-corrected chi connectivity index (χ0v) is 20.3. The molecule has 4 aromatic rings. The minimum atomic E-state index is -0.255. The molecule has 0 unspecified atom stereocenters. The van der Waals surface area contributed by atoms with Crippen molar-refractivity contribution >= 4 is 28.6 Å². The first-order chi connectivity index (χ1) is 16.9. The van der Waals surface area contributed by atoms with Gasteiger partial charge in [-0.05, 0) is 29.7 Å². The van der Waals surface area contributed by atoms with Gasteiger partial charge in [0.1, 0.15) is 5.82 Å². The van der Waals surface area contributed by atoms with Crippen LogP contribution in [0.15, 0.2) is 55.1 Å². The Kier molecular flexibility index (Phi) is 6.41. The van der Waals surface area contributed by atoms with Crippen LogP contribution in [-0.2, 0) is 7.05 Å². The molecule has 4 heterocycles. The van der Waals surface area contributed by atoms with Gasteiger partial charge in [0.25, 0.3) is 5.91 Å². The van der Waals surface area contributed by atoms with Crippen LogP contribution in [0, 0.1) is 5.92 Å². The van der Waals surface area contributed by atoms with Crippen LogP contribution in [0.2, 0.25) is 0 Å². The van der Waals surface area contributed by atoms with Crippen molar-refractivity contribution in [2.75, 3.05) is 42.9 Å². The molecule has 5 rings (SSSR count). The standard InChI is InChI=1S/C26H30N8O/c1-18(2)16-33-8-10-34(11-9-33)24-13-20(6-7-27-24)25(35)31-26-28-14-21-5-4-19(12-23(21)30-26)22-15-29-32(3)17-22/h4-7,12-15,17-18H,8-11,16H2,1-3H3,(H,28,30,31,35). The Morgan fingerprint density at radius 2 is 1.86 bits per heavy atom. The van der Waals surface area contributed by atoms with Crippen LogP contribution in [0.3, 0.4) is 0 Å². The molecule has 1 fully saturated rings. The van der Waals surface area contributed by atoms with E-state index in [0.717, 1.165) is 60.6 Å². The molecule has 0 radical (unpaired) electrons. The van der Waals surface area contributed by atoms with Gasteiger partial charge in [0, 0.05) is 74.9 Å². The minimum absolute atomic E-state index is 0.255. The highest BCUT2D eigenvalue weighted by Crippen LogP contribution is 2.23. The number of anilines is 2. The second kappa shape index (κ2) is 9.79. The monoisotopic (exact) mass is 470 g/mol. The largest absolute Gasteiger partial charge is 0.354 e. The van der Waals surface area contributed by atoms with Crippen molar-refractivity contribution in [2.24, 2.45) is 13.0 Å². The third-order valence-corrected chi connectivity index (χ3v) is 6.17. The maximum atomic E-state index is 13.0. The number of hydrogen-bond donors (Lipinski definition) is 1. The molecule has 3 aromatic heterocycles. The van der Waals surface area contributed by atoms with Gasteiger partial charge in [0.15, 0.2) is 0 Å². The molecule has 0 atom stereocenters. The summed E-state index contributed by atoms with van der Waals surface area (Å²) in [6.45, 7) is 9.41. The summed E-state index contributed by atoms with van der Waals surface area (Å²) in [5, 5.41) is 7.98. The van der Waals surface area contributed by atoms with Gasteiger partial charge in [0.05, 0.1) is 11.7 Å². The van der Waals surface area contributed by atoms with E-state index in [2.05, 4.69) is 49.0 Å². The summed E-state index contributed by atoms with van der Waals surface area (Å²) < 4.78 is 1.76. The summed E-state index contributed by atoms with van der Waals surface area (Å²) >= 11 is 0. The van der Waals surface area contributed by atoms with Gasteiger partial charge in [-0.15, -0.1) is 0 Å². The number of aryl methyl sites for hydroxylation is 1. The minimum Gasteiger partial charge on any atom is -0.354 e. The average Bonchev–Trinajstić information content (AvgIpc) is 3.30. The summed E-state index contributed by atoms with van der Waals surface area (Å²) in [6.07, 6.45) is 7.18. The molecule has 9 nitrogen and oxygen atoms in total. The first-order valence-corrected chi connectivity index (χ1v) is 11.9. The lowest BCUT2D eigenvalue weighted by Gasteiger charge is -2.36. The van der Waals surface area contributed by atoms with Gasteiger partial charge in [-0.3, -0.25) is 19.7 Å². The second-order valence-corrected chi connectivity index (χ2v) is 9.41. The van der Waals surface area contributed by atoms with E-state index in [1.807, 2.05) is 43.7 Å². The quantitative estimate of drug-likeness (QED) is 0.461. The first kappa shape index (κ1) is 22.9. The Bertz CT molecular complexity index is 1340. The molecule has 1 aliphatic rings. The topological polar surface area (TPSA) is 92.1 Å². The van der Waals surface area contributed by atoms with Crippen LogP contribution in [0.5, 0.6) is 0 Å². The van der Waals surface area contributed by atoms with Gasteiger partial charge < -0.3 is 4.90 Å². The van der Waals surface area contributed by atoms with Crippen molar-refractivity contribution in [2.45, 2.75) is 13.8 Å². The van der Waals surface area contributed by atoms with Gasteiger partial charge in [-0.2, -0.15) is 5.10 Å². The van der Waals surface area contributed by atoms with Crippen LogP contribution in [-0.4, -0.2) is 68.3 Å². The number of benzene rings is 1. The smallest absolute Gasteiger partial charge is 0.258 e. The van der Waals surface area contributed by atoms with Crippen LogP contribution in [0.25, 0.3) is 22.0 Å². The van der Waals surface area contributed by atoms with E-state index in [-0.39, 0.29) is 11.9 Å². The summed E-state index contributed by atoms with van der Waals surface area (Å²) in [7, 11) is 1.89. The van der Waals surface area contributed by atoms with Crippen LogP contribution >= 0.6 is 0 Å². The molecule has 0 spiro atoms. The molecule has 1 saturated heterocycles. The molecule has 1 amide bonds. The van der Waals surface area contributed by atoms with Gasteiger partial charge in [-0.1, -0.05) is 26.0 Å². The molecular formula is C26H30N8O. The molecule has 0 saturated carbocycles. The number of nitrogens with one attached hydrogen (secondary N) is 1. The lowest BCUT2D eigenvalue weighted by molar-refractivity contribution is 0.102. The first-order valence-electron chi connectivity index (χ1n) is 11.9. The second-order valence-electron chi connectivity index (χ2n) is 9.41. The van der Waals surface area contributed by atoms with Crippen molar-refractivity contribution in [3.8, 4) is 11.1 Å². The lowest BCUT2D eigenvalue weighted by atomic mass is 10.1. The molecule has 0 aliphatic carbocycles. The van der Waals surface area contributed by atoms with Crippen LogP contribution < -0.4 is 10.2 Å². The van der Waals surface area contributed by atoms with Crippen molar-refractivity contribution < 1.29 is 4.79 Å². The van der Waals surface area contributed by atoms with E-state index in [4.69, 9.17) is 0 Å². The highest BCUT2D eigenvalue weighted by atomic mass is 16.1. The number of nitrogens with zero attached hydrogens (tertiary/aromatic N) is 7. The fraction of sp³-hybridized carbons (Fsp3) is 0.346. The fourth-order valence-corrected chi connectivity index (χ4v) is 4.42. The van der Waals surface area contributed by atoms with Crippen molar-refractivity contribution in [1.29, 1.82) is 0 Å². The molecule has 1 aromatic carbocycles. The number of carbonyl (C=O) groups is 1. The zero-order chi connectivity index (χ0) is 24.4. The number of piperazine rings is 1. The summed E-state index contributed by atoms with van der Waals surface area (Å²) in [6, 6.07) is 9.53. The number of amides is 1. The Balaban J connectivity index is 1.29. The van der Waals surface area contributed by atoms with Gasteiger partial charge in [-0.25, -0.2) is 15.0 Å². The number of aromatic nitrogens is 5. The molecule has 1 N–H and O–H groups in total. The zero-order valence-electron chi connectivity index (χ0n) is 20.3. The van der Waals surface area contributed by atoms with E-state index in [1.165, 1.54) is 0 Å². The number of rotatable bonds is 6. The molecular weight excluding hydrogens is 440 g/mol. The predicted molar refractivity (Wildman–Crippen MR) is 137 cm³/mol. The summed E-state index contributed by atoms with van der Waals surface area (Å²) in [5.41, 5.74) is 3.31. The van der Waals surface area contributed by atoms with Crippen LogP contribution in [0.4, 0.5) is 11.8 Å². The van der Waals surface area contributed by atoms with Gasteiger partial charge >= 0.3 is 0 Å². The number of hydrogen-bond acceptors (Lipinski definition) is 7. The summed E-state index contributed by atoms with van der Waals surface area (Å²) in [4.78, 5) is 31.1. The molecule has 1 aliphatic heterocycles. The SMILES string of the molecule is CC(C)CN1CCN(c2cc(C(=O)Nc3ncc4ccc(-c5cnn(C)c5)cc4n3)ccn2)CC1. The average molecular weight is 471 g/mol. The maximum absolute atomic E-state index is 13.0. The number of pyridine rings is 1. The van der Waals surface area contributed by atoms with E-state index < -0.39 is 0 Å². The Morgan fingerprint density at radius 3 is 2.60 bits per heavy atom. The summed E-state index contributed by atoms with van der Waals surface area (Å²) in [5.74, 6) is 1.50. The van der Waals surface area contributed by atoms with E-state index >= 15 is 0 Å². The molecule has 35 heavy (non-hydrogen) atoms. The number of fused-ring (bicyclic) bond motifs is 1. The van der Waals surface area contributed by atoms with Crippen molar-refractivity contribution in [3.63, 3.8) is 0 Å². The third-order valence-electron chi connectivity index (χ3n) is 6.17. The van der Waals surface area contributed by atoms with Gasteiger partial charge in [0.2, 0.25) is 5.95 Å².